The van der Waals surface area contributed by atoms with Crippen LogP contribution in [0.2, 0.25) is 0 Å². The molecule has 0 spiro atoms. The zero-order chi connectivity index (χ0) is 24.6. The Bertz CT molecular complexity index is 973. The van der Waals surface area contributed by atoms with Crippen LogP contribution in [-0.2, 0) is 9.53 Å². The van der Waals surface area contributed by atoms with Crippen molar-refractivity contribution in [2.45, 2.75) is 77.0 Å². The summed E-state index contributed by atoms with van der Waals surface area (Å²) in [5, 5.41) is 12.2. The summed E-state index contributed by atoms with van der Waals surface area (Å²) < 4.78 is 13.3. The van der Waals surface area contributed by atoms with E-state index in [1.807, 2.05) is 18.3 Å². The van der Waals surface area contributed by atoms with E-state index in [0.29, 0.717) is 31.1 Å². The van der Waals surface area contributed by atoms with E-state index in [1.54, 1.807) is 45.6 Å². The standard InChI is InChI=1S/C25H34N4O5/c1-25(2,3)34-24(32)27-12-4-5-18(23(30)31)15-19-16-29(17-28-19)20-6-8-21(9-7-20)33-22-10-13-26-14-11-22/h10-11,13-17,20-21H,4-9,12H2,1-3H3,(H,27,32)(H,30,31)/b18-15+. The Morgan fingerprint density at radius 2 is 1.91 bits per heavy atom. The number of hydrogen-bond donors (Lipinski definition) is 2. The van der Waals surface area contributed by atoms with Gasteiger partial charge in [0.15, 0.2) is 0 Å². The molecule has 2 aromatic rings. The van der Waals surface area contributed by atoms with E-state index in [-0.39, 0.29) is 11.7 Å². The summed E-state index contributed by atoms with van der Waals surface area (Å²) in [4.78, 5) is 31.8. The number of pyridine rings is 1. The Labute approximate surface area is 200 Å². The second-order valence-corrected chi connectivity index (χ2v) is 9.48. The number of alkyl carbamates (subject to hydrolysis) is 1. The first kappa shape index (κ1) is 25.3. The van der Waals surface area contributed by atoms with Gasteiger partial charge in [-0.3, -0.25) is 4.98 Å². The first-order valence-corrected chi connectivity index (χ1v) is 11.7. The van der Waals surface area contributed by atoms with Crippen LogP contribution in [0.5, 0.6) is 5.75 Å². The number of carboxylic acids is 1. The van der Waals surface area contributed by atoms with Gasteiger partial charge in [0.2, 0.25) is 0 Å². The fourth-order valence-electron chi connectivity index (χ4n) is 3.90. The quantitative estimate of drug-likeness (QED) is 0.406. The van der Waals surface area contributed by atoms with Crippen molar-refractivity contribution in [1.82, 2.24) is 19.9 Å². The maximum atomic E-state index is 11.7. The fraction of sp³-hybridized carbons (Fsp3) is 0.520. The third kappa shape index (κ3) is 8.20. The van der Waals surface area contributed by atoms with E-state index in [9.17, 15) is 14.7 Å². The Morgan fingerprint density at radius 3 is 2.56 bits per heavy atom. The van der Waals surface area contributed by atoms with E-state index in [0.717, 1.165) is 31.4 Å². The van der Waals surface area contributed by atoms with E-state index >= 15 is 0 Å². The molecule has 34 heavy (non-hydrogen) atoms. The summed E-state index contributed by atoms with van der Waals surface area (Å²) in [6, 6.07) is 4.06. The highest BCUT2D eigenvalue weighted by molar-refractivity contribution is 5.91. The number of carbonyl (C=O) groups is 2. The van der Waals surface area contributed by atoms with E-state index in [2.05, 4.69) is 19.9 Å². The summed E-state index contributed by atoms with van der Waals surface area (Å²) >= 11 is 0. The molecule has 2 aromatic heterocycles. The molecule has 1 aliphatic carbocycles. The molecule has 9 heteroatoms. The Morgan fingerprint density at radius 1 is 1.21 bits per heavy atom. The molecule has 0 aliphatic heterocycles. The number of ether oxygens (including phenoxy) is 2. The molecule has 0 radical (unpaired) electrons. The van der Waals surface area contributed by atoms with Crippen molar-refractivity contribution in [1.29, 1.82) is 0 Å². The van der Waals surface area contributed by atoms with Crippen LogP contribution in [0.15, 0.2) is 42.6 Å². The van der Waals surface area contributed by atoms with Gasteiger partial charge in [0.25, 0.3) is 0 Å². The van der Waals surface area contributed by atoms with Crippen molar-refractivity contribution in [2.75, 3.05) is 6.54 Å². The number of carbonyl (C=O) groups excluding carboxylic acids is 1. The Kier molecular flexibility index (Phi) is 8.67. The largest absolute Gasteiger partial charge is 0.490 e. The first-order chi connectivity index (χ1) is 16.2. The van der Waals surface area contributed by atoms with Gasteiger partial charge in [-0.15, -0.1) is 0 Å². The Balaban J connectivity index is 1.48. The molecule has 184 valence electrons. The minimum absolute atomic E-state index is 0.189. The topological polar surface area (TPSA) is 116 Å². The zero-order valence-corrected chi connectivity index (χ0v) is 20.1. The maximum absolute atomic E-state index is 11.7. The van der Waals surface area contributed by atoms with Crippen molar-refractivity contribution in [3.05, 3.63) is 48.3 Å². The molecule has 0 aromatic carbocycles. The predicted molar refractivity (Wildman–Crippen MR) is 127 cm³/mol. The second-order valence-electron chi connectivity index (χ2n) is 9.48. The van der Waals surface area contributed by atoms with Crippen molar-refractivity contribution < 1.29 is 24.2 Å². The number of nitrogens with zero attached hydrogens (tertiary/aromatic N) is 3. The van der Waals surface area contributed by atoms with Crippen molar-refractivity contribution >= 4 is 18.1 Å². The van der Waals surface area contributed by atoms with Gasteiger partial charge in [-0.1, -0.05) is 0 Å². The van der Waals surface area contributed by atoms with Crippen molar-refractivity contribution in [3.8, 4) is 5.75 Å². The molecular formula is C25H34N4O5. The summed E-state index contributed by atoms with van der Waals surface area (Å²) in [5.74, 6) is -0.142. The zero-order valence-electron chi connectivity index (χ0n) is 20.1. The number of carboxylic acid groups (broad SMARTS) is 1. The predicted octanol–water partition coefficient (Wildman–Crippen LogP) is 4.61. The number of hydrogen-bond acceptors (Lipinski definition) is 6. The van der Waals surface area contributed by atoms with Gasteiger partial charge in [0.05, 0.1) is 18.1 Å². The molecule has 3 rings (SSSR count). The number of rotatable bonds is 9. The molecular weight excluding hydrogens is 436 g/mol. The minimum Gasteiger partial charge on any atom is -0.490 e. The Hall–Kier alpha value is -3.36. The van der Waals surface area contributed by atoms with Crippen LogP contribution in [0, 0.1) is 0 Å². The third-order valence-electron chi connectivity index (χ3n) is 5.53. The van der Waals surface area contributed by atoms with Gasteiger partial charge in [-0.2, -0.15) is 0 Å². The van der Waals surface area contributed by atoms with Gasteiger partial charge in [0.1, 0.15) is 11.4 Å². The highest BCUT2D eigenvalue weighted by Crippen LogP contribution is 2.31. The summed E-state index contributed by atoms with van der Waals surface area (Å²) in [5.41, 5.74) is 0.305. The minimum atomic E-state index is -0.986. The van der Waals surface area contributed by atoms with Gasteiger partial charge >= 0.3 is 12.1 Å². The van der Waals surface area contributed by atoms with Crippen LogP contribution in [0.4, 0.5) is 4.79 Å². The molecule has 9 nitrogen and oxygen atoms in total. The molecule has 1 amide bonds. The monoisotopic (exact) mass is 470 g/mol. The number of imidazole rings is 1. The molecule has 0 atom stereocenters. The highest BCUT2D eigenvalue weighted by Gasteiger charge is 2.24. The van der Waals surface area contributed by atoms with E-state index in [4.69, 9.17) is 9.47 Å². The van der Waals surface area contributed by atoms with E-state index in [1.165, 1.54) is 0 Å². The highest BCUT2D eigenvalue weighted by atomic mass is 16.6. The van der Waals surface area contributed by atoms with Crippen LogP contribution in [0.3, 0.4) is 0 Å². The molecule has 2 N–H and O–H groups in total. The second kappa shape index (κ2) is 11.7. The van der Waals surface area contributed by atoms with Crippen LogP contribution >= 0.6 is 0 Å². The molecule has 1 saturated carbocycles. The van der Waals surface area contributed by atoms with Crippen molar-refractivity contribution in [3.63, 3.8) is 0 Å². The molecule has 0 bridgehead atoms. The normalized spacial score (nSPS) is 18.9. The van der Waals surface area contributed by atoms with Gasteiger partial charge in [-0.05, 0) is 77.5 Å². The number of aliphatic carboxylic acids is 1. The summed E-state index contributed by atoms with van der Waals surface area (Å²) in [6.07, 6.45) is 13.0. The van der Waals surface area contributed by atoms with Gasteiger partial charge < -0.3 is 24.5 Å². The number of amides is 1. The number of aromatic nitrogens is 3. The summed E-state index contributed by atoms with van der Waals surface area (Å²) in [6.45, 7) is 5.70. The average Bonchev–Trinajstić information content (AvgIpc) is 3.24. The van der Waals surface area contributed by atoms with Crippen LogP contribution in [-0.4, -0.2) is 50.0 Å². The molecule has 1 aliphatic rings. The molecule has 0 unspecified atom stereocenters. The molecule has 2 heterocycles. The molecule has 1 fully saturated rings. The lowest BCUT2D eigenvalue weighted by Crippen LogP contribution is -2.33. The summed E-state index contributed by atoms with van der Waals surface area (Å²) in [7, 11) is 0. The lowest BCUT2D eigenvalue weighted by atomic mass is 9.93. The fourth-order valence-corrected chi connectivity index (χ4v) is 3.90. The third-order valence-corrected chi connectivity index (χ3v) is 5.53. The average molecular weight is 471 g/mol. The molecule has 0 saturated heterocycles. The first-order valence-electron chi connectivity index (χ1n) is 11.7. The lowest BCUT2D eigenvalue weighted by Gasteiger charge is -2.29. The van der Waals surface area contributed by atoms with Crippen LogP contribution in [0.1, 0.15) is 71.0 Å². The van der Waals surface area contributed by atoms with Gasteiger partial charge in [-0.25, -0.2) is 14.6 Å². The SMILES string of the molecule is CC(C)(C)OC(=O)NCCC/C(=C\c1cn(C2CCC(Oc3ccncc3)CC2)cn1)C(=O)O. The van der Waals surface area contributed by atoms with Crippen molar-refractivity contribution in [2.24, 2.45) is 0 Å². The maximum Gasteiger partial charge on any atom is 0.407 e. The lowest BCUT2D eigenvalue weighted by molar-refractivity contribution is -0.132. The number of nitrogens with one attached hydrogen (secondary N) is 1. The van der Waals surface area contributed by atoms with Gasteiger partial charge in [0, 0.05) is 36.8 Å². The van der Waals surface area contributed by atoms with E-state index < -0.39 is 17.7 Å². The van der Waals surface area contributed by atoms with Crippen LogP contribution in [0.25, 0.3) is 6.08 Å². The smallest absolute Gasteiger partial charge is 0.407 e. The van der Waals surface area contributed by atoms with Crippen LogP contribution < -0.4 is 10.1 Å².